The quantitative estimate of drug-likeness (QED) is 0.344. The van der Waals surface area contributed by atoms with Gasteiger partial charge in [0.25, 0.3) is 0 Å². The van der Waals surface area contributed by atoms with Crippen LogP contribution in [-0.4, -0.2) is 70.8 Å². The molecule has 5 heteroatoms. The Morgan fingerprint density at radius 3 is 2.21 bits per heavy atom. The average molecular weight is 289 g/mol. The number of nitrogens with zero attached hydrogens (tertiary/aromatic N) is 2. The topological polar surface area (TPSA) is 24.9 Å². The fourth-order valence-electron chi connectivity index (χ4n) is 2.73. The fraction of sp³-hybridized carbons (Fsp3) is 1.00. The first kappa shape index (κ1) is 17.1. The van der Waals surface area contributed by atoms with E-state index in [-0.39, 0.29) is 14.9 Å². The maximum atomic E-state index is 5.79. The molecule has 0 aromatic carbocycles. The van der Waals surface area contributed by atoms with Crippen LogP contribution in [0.15, 0.2) is 0 Å². The predicted molar refractivity (Wildman–Crippen MR) is 83.3 cm³/mol. The van der Waals surface area contributed by atoms with E-state index in [1.54, 1.807) is 0 Å². The van der Waals surface area contributed by atoms with Gasteiger partial charge in [-0.1, -0.05) is 13.0 Å². The summed E-state index contributed by atoms with van der Waals surface area (Å²) in [4.78, 5) is 5.07. The van der Waals surface area contributed by atoms with Crippen LogP contribution in [0.1, 0.15) is 34.1 Å². The van der Waals surface area contributed by atoms with Crippen LogP contribution in [-0.2, 0) is 9.47 Å². The molecule has 0 unspecified atom stereocenters. The summed E-state index contributed by atoms with van der Waals surface area (Å²) < 4.78 is 11.6. The Morgan fingerprint density at radius 1 is 1.05 bits per heavy atom. The third kappa shape index (κ3) is 6.36. The molecule has 1 saturated heterocycles. The molecule has 0 saturated carbocycles. The van der Waals surface area contributed by atoms with Gasteiger partial charge in [0.1, 0.15) is 5.41 Å². The van der Waals surface area contributed by atoms with Crippen molar-refractivity contribution in [2.75, 3.05) is 46.1 Å². The smallest absolute Gasteiger partial charge is 0.142 e. The Balaban J connectivity index is 2.15. The van der Waals surface area contributed by atoms with Crippen molar-refractivity contribution >= 4 is 9.52 Å². The molecule has 1 aliphatic heterocycles. The van der Waals surface area contributed by atoms with Gasteiger partial charge in [-0.2, -0.15) is 0 Å². The van der Waals surface area contributed by atoms with E-state index in [1.807, 2.05) is 0 Å². The summed E-state index contributed by atoms with van der Waals surface area (Å²) in [5.41, 5.74) is -0.246. The lowest BCUT2D eigenvalue weighted by Gasteiger charge is -2.29. The second-order valence-electron chi connectivity index (χ2n) is 5.43. The summed E-state index contributed by atoms with van der Waals surface area (Å²) in [5.74, 6) is 0. The van der Waals surface area contributed by atoms with Crippen LogP contribution >= 0.6 is 0 Å². The van der Waals surface area contributed by atoms with Crippen molar-refractivity contribution in [1.82, 2.24) is 9.80 Å². The highest BCUT2D eigenvalue weighted by atomic mass is 28.2. The van der Waals surface area contributed by atoms with Gasteiger partial charge in [-0.3, -0.25) is 9.80 Å². The van der Waals surface area contributed by atoms with Gasteiger partial charge in [0.2, 0.25) is 0 Å². The molecule has 1 heterocycles. The van der Waals surface area contributed by atoms with E-state index in [0.29, 0.717) is 0 Å². The second-order valence-corrected chi connectivity index (χ2v) is 7.92. The zero-order valence-corrected chi connectivity index (χ0v) is 14.7. The van der Waals surface area contributed by atoms with E-state index in [2.05, 4.69) is 37.5 Å². The molecule has 1 rings (SSSR count). The average Bonchev–Trinajstić information content (AvgIpc) is 2.83. The summed E-state index contributed by atoms with van der Waals surface area (Å²) in [7, 11) is -0.334. The molecule has 19 heavy (non-hydrogen) atoms. The Kier molecular flexibility index (Phi) is 8.17. The van der Waals surface area contributed by atoms with Gasteiger partial charge in [0.15, 0.2) is 0 Å². The van der Waals surface area contributed by atoms with Gasteiger partial charge in [-0.05, 0) is 40.3 Å². The Bertz CT molecular complexity index is 235. The summed E-state index contributed by atoms with van der Waals surface area (Å²) >= 11 is 0. The molecule has 114 valence electrons. The summed E-state index contributed by atoms with van der Waals surface area (Å²) in [6.07, 6.45) is 1.29. The summed E-state index contributed by atoms with van der Waals surface area (Å²) in [5, 5.41) is 0. The Morgan fingerprint density at radius 2 is 1.68 bits per heavy atom. The molecule has 4 nitrogen and oxygen atoms in total. The molecule has 0 aromatic rings. The number of hydrogen-bond acceptors (Lipinski definition) is 4. The molecule has 1 aliphatic rings. The van der Waals surface area contributed by atoms with E-state index in [0.717, 1.165) is 19.9 Å². The second kappa shape index (κ2) is 9.08. The molecule has 0 aliphatic carbocycles. The van der Waals surface area contributed by atoms with E-state index in [4.69, 9.17) is 9.47 Å². The standard InChI is InChI=1S/C14H32N2O2Si/c1-5-15-10-11-16(13-15)9-8-12-19-14(4,17-6-2)18-7-3/h5-13,19H2,1-4H3. The highest BCUT2D eigenvalue weighted by molar-refractivity contribution is 6.38. The number of rotatable bonds is 10. The third-order valence-electron chi connectivity index (χ3n) is 3.83. The zero-order chi connectivity index (χ0) is 14.1. The first-order valence-corrected chi connectivity index (χ1v) is 9.56. The first-order chi connectivity index (χ1) is 9.13. The molecule has 0 atom stereocenters. The van der Waals surface area contributed by atoms with Gasteiger partial charge in [-0.25, -0.2) is 0 Å². The van der Waals surface area contributed by atoms with E-state index in [9.17, 15) is 0 Å². The lowest BCUT2D eigenvalue weighted by atomic mass is 10.4. The number of ether oxygens (including phenoxy) is 2. The lowest BCUT2D eigenvalue weighted by molar-refractivity contribution is -0.163. The monoisotopic (exact) mass is 288 g/mol. The maximum absolute atomic E-state index is 5.79. The molecular weight excluding hydrogens is 256 g/mol. The van der Waals surface area contributed by atoms with Crippen LogP contribution in [0.4, 0.5) is 0 Å². The lowest BCUT2D eigenvalue weighted by Crippen LogP contribution is -2.39. The molecule has 0 aromatic heterocycles. The fourth-order valence-corrected chi connectivity index (χ4v) is 4.54. The molecule has 1 fully saturated rings. The van der Waals surface area contributed by atoms with Crippen molar-refractivity contribution < 1.29 is 9.47 Å². The molecular formula is C14H32N2O2Si. The maximum Gasteiger partial charge on any atom is 0.142 e. The zero-order valence-electron chi connectivity index (χ0n) is 13.3. The molecule has 0 bridgehead atoms. The van der Waals surface area contributed by atoms with Crippen LogP contribution in [0.3, 0.4) is 0 Å². The highest BCUT2D eigenvalue weighted by Crippen LogP contribution is 2.14. The van der Waals surface area contributed by atoms with Crippen molar-refractivity contribution in [2.24, 2.45) is 0 Å². The van der Waals surface area contributed by atoms with Crippen LogP contribution < -0.4 is 0 Å². The predicted octanol–water partition coefficient (Wildman–Crippen LogP) is 1.31. The molecule has 0 amide bonds. The first-order valence-electron chi connectivity index (χ1n) is 7.86. The minimum Gasteiger partial charge on any atom is -0.355 e. The van der Waals surface area contributed by atoms with Crippen LogP contribution in [0.2, 0.25) is 6.04 Å². The van der Waals surface area contributed by atoms with Crippen molar-refractivity contribution in [3.8, 4) is 0 Å². The summed E-state index contributed by atoms with van der Waals surface area (Å²) in [6, 6.07) is 1.30. The van der Waals surface area contributed by atoms with Gasteiger partial charge < -0.3 is 9.47 Å². The highest BCUT2D eigenvalue weighted by Gasteiger charge is 2.25. The van der Waals surface area contributed by atoms with E-state index >= 15 is 0 Å². The largest absolute Gasteiger partial charge is 0.355 e. The van der Waals surface area contributed by atoms with Crippen molar-refractivity contribution in [3.63, 3.8) is 0 Å². The van der Waals surface area contributed by atoms with Crippen molar-refractivity contribution in [1.29, 1.82) is 0 Å². The van der Waals surface area contributed by atoms with Crippen LogP contribution in [0.5, 0.6) is 0 Å². The minimum absolute atomic E-state index is 0.246. The van der Waals surface area contributed by atoms with Gasteiger partial charge in [-0.15, -0.1) is 0 Å². The van der Waals surface area contributed by atoms with E-state index < -0.39 is 0 Å². The normalized spacial score (nSPS) is 18.9. The van der Waals surface area contributed by atoms with Crippen molar-refractivity contribution in [2.45, 2.75) is 45.6 Å². The minimum atomic E-state index is -0.334. The third-order valence-corrected chi connectivity index (χ3v) is 6.00. The van der Waals surface area contributed by atoms with Crippen LogP contribution in [0.25, 0.3) is 0 Å². The van der Waals surface area contributed by atoms with Crippen molar-refractivity contribution in [3.05, 3.63) is 0 Å². The van der Waals surface area contributed by atoms with E-state index in [1.165, 1.54) is 38.6 Å². The number of likely N-dealkylation sites (N-methyl/N-ethyl adjacent to an activating group) is 1. The Hall–Kier alpha value is 0.0569. The van der Waals surface area contributed by atoms with Gasteiger partial charge in [0, 0.05) is 26.3 Å². The SMILES string of the molecule is CCOC(C)(OCC)[SiH2]CCCN1CCN(CC)C1. The Labute approximate surface area is 121 Å². The molecule has 0 N–H and O–H groups in total. The molecule has 0 radical (unpaired) electrons. The number of hydrogen-bond donors (Lipinski definition) is 0. The summed E-state index contributed by atoms with van der Waals surface area (Å²) in [6.45, 7) is 16.0. The molecule has 0 spiro atoms. The van der Waals surface area contributed by atoms with Crippen LogP contribution in [0, 0.1) is 0 Å². The van der Waals surface area contributed by atoms with Gasteiger partial charge >= 0.3 is 0 Å². The van der Waals surface area contributed by atoms with Gasteiger partial charge in [0.05, 0.1) is 16.2 Å².